The molecule has 1 aromatic heterocycles. The molecule has 0 aromatic carbocycles. The Labute approximate surface area is 127 Å². The molecule has 1 aliphatic rings. The molecule has 0 radical (unpaired) electrons. The molecule has 1 saturated heterocycles. The summed E-state index contributed by atoms with van der Waals surface area (Å²) in [5.74, 6) is -0.613. The first-order chi connectivity index (χ1) is 9.97. The number of aliphatic carboxylic acids is 1. The van der Waals surface area contributed by atoms with Crippen LogP contribution >= 0.6 is 11.3 Å². The van der Waals surface area contributed by atoms with Crippen LogP contribution in [-0.2, 0) is 4.79 Å². The van der Waals surface area contributed by atoms with E-state index < -0.39 is 5.97 Å². The zero-order valence-corrected chi connectivity index (χ0v) is 12.8. The molecule has 1 amide bonds. The summed E-state index contributed by atoms with van der Waals surface area (Å²) in [4.78, 5) is 37.3. The van der Waals surface area contributed by atoms with Gasteiger partial charge in [-0.25, -0.2) is 0 Å². The van der Waals surface area contributed by atoms with Gasteiger partial charge in [0.25, 0.3) is 5.91 Å². The zero-order valence-electron chi connectivity index (χ0n) is 12.0. The van der Waals surface area contributed by atoms with Crippen molar-refractivity contribution in [2.45, 2.75) is 32.6 Å². The third kappa shape index (κ3) is 4.14. The number of carboxylic acid groups (broad SMARTS) is 1. The summed E-state index contributed by atoms with van der Waals surface area (Å²) in [6.45, 7) is 2.80. The molecule has 1 N–H and O–H groups in total. The van der Waals surface area contributed by atoms with E-state index in [1.807, 2.05) is 0 Å². The summed E-state index contributed by atoms with van der Waals surface area (Å²) < 4.78 is 0. The first-order valence-electron chi connectivity index (χ1n) is 7.09. The molecule has 6 heteroatoms. The molecule has 0 saturated carbocycles. The van der Waals surface area contributed by atoms with Crippen LogP contribution in [0.1, 0.15) is 52.0 Å². The number of carboxylic acids is 1. The van der Waals surface area contributed by atoms with Gasteiger partial charge >= 0.3 is 5.97 Å². The van der Waals surface area contributed by atoms with Crippen molar-refractivity contribution >= 4 is 29.0 Å². The second-order valence-corrected chi connectivity index (χ2v) is 6.50. The van der Waals surface area contributed by atoms with Crippen molar-refractivity contribution < 1.29 is 19.5 Å². The highest BCUT2D eigenvalue weighted by Crippen LogP contribution is 2.25. The maximum atomic E-state index is 12.4. The van der Waals surface area contributed by atoms with Crippen molar-refractivity contribution in [1.82, 2.24) is 4.90 Å². The fourth-order valence-electron chi connectivity index (χ4n) is 2.61. The Hall–Kier alpha value is -1.69. The second-order valence-electron chi connectivity index (χ2n) is 5.41. The lowest BCUT2D eigenvalue weighted by Gasteiger charge is -2.32. The third-order valence-electron chi connectivity index (χ3n) is 3.74. The van der Waals surface area contributed by atoms with Gasteiger partial charge in [-0.1, -0.05) is 0 Å². The number of thiophene rings is 1. The van der Waals surface area contributed by atoms with Gasteiger partial charge in [0.2, 0.25) is 0 Å². The first kappa shape index (κ1) is 15.7. The van der Waals surface area contributed by atoms with Crippen molar-refractivity contribution in [3.8, 4) is 0 Å². The number of ketones is 1. The van der Waals surface area contributed by atoms with Crippen LogP contribution in [0.5, 0.6) is 0 Å². The highest BCUT2D eigenvalue weighted by molar-refractivity contribution is 7.15. The summed E-state index contributed by atoms with van der Waals surface area (Å²) in [6.07, 6.45) is 2.64. The molecule has 0 aliphatic carbocycles. The SMILES string of the molecule is CC(=O)c1ccc(C(=O)N2CCCC(CCC(=O)O)C2)s1. The Morgan fingerprint density at radius 3 is 2.67 bits per heavy atom. The molecule has 0 bridgehead atoms. The molecular weight excluding hydrogens is 290 g/mol. The largest absolute Gasteiger partial charge is 0.481 e. The fourth-order valence-corrected chi connectivity index (χ4v) is 3.48. The van der Waals surface area contributed by atoms with Crippen LogP contribution in [0.3, 0.4) is 0 Å². The number of Topliss-reactive ketones (excluding diaryl/α,β-unsaturated/α-hetero) is 1. The number of likely N-dealkylation sites (tertiary alicyclic amines) is 1. The molecule has 1 aliphatic heterocycles. The molecule has 2 heterocycles. The number of hydrogen-bond donors (Lipinski definition) is 1. The highest BCUT2D eigenvalue weighted by atomic mass is 32.1. The van der Waals surface area contributed by atoms with Gasteiger partial charge in [-0.15, -0.1) is 11.3 Å². The molecule has 2 rings (SSSR count). The van der Waals surface area contributed by atoms with Crippen LogP contribution in [0.15, 0.2) is 12.1 Å². The smallest absolute Gasteiger partial charge is 0.303 e. The van der Waals surface area contributed by atoms with E-state index in [-0.39, 0.29) is 24.0 Å². The van der Waals surface area contributed by atoms with Crippen molar-refractivity contribution in [1.29, 1.82) is 0 Å². The summed E-state index contributed by atoms with van der Waals surface area (Å²) >= 11 is 1.23. The Bertz CT molecular complexity index is 552. The van der Waals surface area contributed by atoms with Crippen molar-refractivity contribution in [3.05, 3.63) is 21.9 Å². The maximum absolute atomic E-state index is 12.4. The van der Waals surface area contributed by atoms with E-state index >= 15 is 0 Å². The fraction of sp³-hybridized carbons (Fsp3) is 0.533. The number of hydrogen-bond acceptors (Lipinski definition) is 4. The second kappa shape index (κ2) is 6.85. The van der Waals surface area contributed by atoms with Gasteiger partial charge in [0.15, 0.2) is 5.78 Å². The minimum Gasteiger partial charge on any atom is -0.481 e. The maximum Gasteiger partial charge on any atom is 0.303 e. The van der Waals surface area contributed by atoms with Gasteiger partial charge in [-0.2, -0.15) is 0 Å². The van der Waals surface area contributed by atoms with E-state index in [4.69, 9.17) is 5.11 Å². The summed E-state index contributed by atoms with van der Waals surface area (Å²) in [7, 11) is 0. The van der Waals surface area contributed by atoms with E-state index in [0.717, 1.165) is 12.8 Å². The first-order valence-corrected chi connectivity index (χ1v) is 7.91. The molecule has 0 spiro atoms. The molecule has 21 heavy (non-hydrogen) atoms. The summed E-state index contributed by atoms with van der Waals surface area (Å²) in [6, 6.07) is 3.39. The summed E-state index contributed by atoms with van der Waals surface area (Å²) in [5.41, 5.74) is 0. The lowest BCUT2D eigenvalue weighted by Crippen LogP contribution is -2.39. The Morgan fingerprint density at radius 1 is 1.33 bits per heavy atom. The summed E-state index contributed by atoms with van der Waals surface area (Å²) in [5, 5.41) is 8.74. The van der Waals surface area contributed by atoms with Gasteiger partial charge in [0.1, 0.15) is 0 Å². The minimum atomic E-state index is -0.789. The number of piperidine rings is 1. The quantitative estimate of drug-likeness (QED) is 0.849. The Kier molecular flexibility index (Phi) is 5.12. The number of carbonyl (C=O) groups is 3. The standard InChI is InChI=1S/C15H19NO4S/c1-10(17)12-5-6-13(21-12)15(20)16-8-2-3-11(9-16)4-7-14(18)19/h5-6,11H,2-4,7-9H2,1H3,(H,18,19). The normalized spacial score (nSPS) is 18.5. The molecule has 114 valence electrons. The van der Waals surface area contributed by atoms with Gasteiger partial charge in [0.05, 0.1) is 9.75 Å². The Balaban J connectivity index is 1.97. The average Bonchev–Trinajstić information content (AvgIpc) is 2.94. The molecule has 5 nitrogen and oxygen atoms in total. The number of rotatable bonds is 5. The van der Waals surface area contributed by atoms with Crippen LogP contribution in [0.4, 0.5) is 0 Å². The lowest BCUT2D eigenvalue weighted by molar-refractivity contribution is -0.137. The van der Waals surface area contributed by atoms with Crippen molar-refractivity contribution in [2.24, 2.45) is 5.92 Å². The average molecular weight is 309 g/mol. The van der Waals surface area contributed by atoms with E-state index in [0.29, 0.717) is 29.3 Å². The van der Waals surface area contributed by atoms with E-state index in [2.05, 4.69) is 0 Å². The van der Waals surface area contributed by atoms with Gasteiger partial charge in [0, 0.05) is 19.5 Å². The number of nitrogens with zero attached hydrogens (tertiary/aromatic N) is 1. The third-order valence-corrected chi connectivity index (χ3v) is 4.91. The minimum absolute atomic E-state index is 0.0305. The van der Waals surface area contributed by atoms with Crippen molar-refractivity contribution in [2.75, 3.05) is 13.1 Å². The van der Waals surface area contributed by atoms with E-state index in [1.165, 1.54) is 18.3 Å². The number of carbonyl (C=O) groups excluding carboxylic acids is 2. The van der Waals surface area contributed by atoms with Gasteiger partial charge in [-0.3, -0.25) is 14.4 Å². The van der Waals surface area contributed by atoms with Gasteiger partial charge in [-0.05, 0) is 44.2 Å². The monoisotopic (exact) mass is 309 g/mol. The zero-order chi connectivity index (χ0) is 15.4. The van der Waals surface area contributed by atoms with Crippen LogP contribution < -0.4 is 0 Å². The van der Waals surface area contributed by atoms with Crippen LogP contribution in [0.25, 0.3) is 0 Å². The Morgan fingerprint density at radius 2 is 2.05 bits per heavy atom. The molecule has 1 aromatic rings. The predicted octanol–water partition coefficient (Wildman–Crippen LogP) is 2.67. The van der Waals surface area contributed by atoms with E-state index in [9.17, 15) is 14.4 Å². The molecule has 1 atom stereocenters. The highest BCUT2D eigenvalue weighted by Gasteiger charge is 2.25. The van der Waals surface area contributed by atoms with Crippen LogP contribution in [0, 0.1) is 5.92 Å². The predicted molar refractivity (Wildman–Crippen MR) is 79.8 cm³/mol. The van der Waals surface area contributed by atoms with E-state index in [1.54, 1.807) is 17.0 Å². The van der Waals surface area contributed by atoms with Gasteiger partial charge < -0.3 is 10.0 Å². The van der Waals surface area contributed by atoms with Crippen LogP contribution in [-0.4, -0.2) is 40.8 Å². The number of amides is 1. The molecule has 1 unspecified atom stereocenters. The molecule has 1 fully saturated rings. The lowest BCUT2D eigenvalue weighted by atomic mass is 9.93. The molecular formula is C15H19NO4S. The van der Waals surface area contributed by atoms with Crippen molar-refractivity contribution in [3.63, 3.8) is 0 Å². The topological polar surface area (TPSA) is 74.7 Å². The van der Waals surface area contributed by atoms with Crippen LogP contribution in [0.2, 0.25) is 0 Å².